The molecule has 20 heavy (non-hydrogen) atoms. The molecule has 0 bridgehead atoms. The smallest absolute Gasteiger partial charge is 0.121 e. The molecule has 0 amide bonds. The van der Waals surface area contributed by atoms with Crippen molar-refractivity contribution >= 4 is 35.8 Å². The highest BCUT2D eigenvalue weighted by Gasteiger charge is 2.12. The number of halogens is 2. The molecule has 0 unspecified atom stereocenters. The third-order valence-corrected chi connectivity index (χ3v) is 3.32. The second kappa shape index (κ2) is 7.69. The minimum absolute atomic E-state index is 0. The van der Waals surface area contributed by atoms with Gasteiger partial charge in [-0.3, -0.25) is 4.90 Å². The lowest BCUT2D eigenvalue weighted by molar-refractivity contribution is 0.229. The van der Waals surface area contributed by atoms with Gasteiger partial charge in [-0.1, -0.05) is 0 Å². The molecule has 0 spiro atoms. The van der Waals surface area contributed by atoms with Gasteiger partial charge in [0.2, 0.25) is 0 Å². The topological polar surface area (TPSA) is 53.2 Å². The molecule has 112 valence electrons. The first-order valence-corrected chi connectivity index (χ1v) is 6.31. The van der Waals surface area contributed by atoms with E-state index in [1.54, 1.807) is 7.11 Å². The van der Waals surface area contributed by atoms with Crippen molar-refractivity contribution in [2.24, 2.45) is 0 Å². The molecule has 1 aliphatic heterocycles. The number of hydrogen-bond acceptors (Lipinski definition) is 4. The summed E-state index contributed by atoms with van der Waals surface area (Å²) in [6.45, 7) is 5.18. The van der Waals surface area contributed by atoms with Gasteiger partial charge in [0.15, 0.2) is 0 Å². The fourth-order valence-electron chi connectivity index (χ4n) is 2.32. The van der Waals surface area contributed by atoms with E-state index in [9.17, 15) is 0 Å². The van der Waals surface area contributed by atoms with E-state index in [1.807, 2.05) is 18.2 Å². The first kappa shape index (κ1) is 17.0. The Morgan fingerprint density at radius 2 is 2.00 bits per heavy atom. The van der Waals surface area contributed by atoms with Gasteiger partial charge in [-0.2, -0.15) is 0 Å². The number of fused-ring (bicyclic) bond motifs is 1. The molecular weight excluding hydrogens is 299 g/mol. The molecule has 7 heteroatoms. The largest absolute Gasteiger partial charge is 0.497 e. The van der Waals surface area contributed by atoms with Gasteiger partial charge >= 0.3 is 0 Å². The van der Waals surface area contributed by atoms with Crippen molar-refractivity contribution in [3.63, 3.8) is 0 Å². The monoisotopic (exact) mass is 318 g/mol. The quantitative estimate of drug-likeness (QED) is 0.906. The highest BCUT2D eigenvalue weighted by molar-refractivity contribution is 5.85. The lowest BCUT2D eigenvalue weighted by Crippen LogP contribution is -2.43. The molecule has 1 aromatic heterocycles. The average Bonchev–Trinajstić information content (AvgIpc) is 2.80. The molecule has 1 aromatic carbocycles. The van der Waals surface area contributed by atoms with Gasteiger partial charge < -0.3 is 15.0 Å². The number of piperazine rings is 1. The molecule has 0 radical (unpaired) electrons. The number of methoxy groups -OCH3 is 1. The van der Waals surface area contributed by atoms with Crippen LogP contribution in [0.5, 0.6) is 5.75 Å². The van der Waals surface area contributed by atoms with Crippen molar-refractivity contribution in [2.75, 3.05) is 33.3 Å². The number of nitrogens with one attached hydrogen (secondary N) is 2. The average molecular weight is 319 g/mol. The van der Waals surface area contributed by atoms with Crippen molar-refractivity contribution in [2.45, 2.75) is 6.54 Å². The maximum Gasteiger partial charge on any atom is 0.121 e. The highest BCUT2D eigenvalue weighted by Crippen LogP contribution is 2.19. The zero-order chi connectivity index (χ0) is 12.4. The van der Waals surface area contributed by atoms with E-state index in [-0.39, 0.29) is 24.8 Å². The van der Waals surface area contributed by atoms with Crippen LogP contribution in [0, 0.1) is 0 Å². The van der Waals surface area contributed by atoms with Gasteiger partial charge in [0, 0.05) is 32.2 Å². The van der Waals surface area contributed by atoms with Crippen molar-refractivity contribution in [3.05, 3.63) is 24.0 Å². The van der Waals surface area contributed by atoms with E-state index >= 15 is 0 Å². The fourth-order valence-corrected chi connectivity index (χ4v) is 2.32. The Bertz CT molecular complexity index is 540. The minimum atomic E-state index is 0. The van der Waals surface area contributed by atoms with Crippen molar-refractivity contribution < 1.29 is 4.74 Å². The molecule has 3 rings (SSSR count). The number of nitrogens with zero attached hydrogens (tertiary/aromatic N) is 2. The predicted octanol–water partition coefficient (Wildman–Crippen LogP) is 1.82. The van der Waals surface area contributed by atoms with Crippen LogP contribution in [0.25, 0.3) is 11.0 Å². The Morgan fingerprint density at radius 3 is 2.70 bits per heavy atom. The number of ether oxygens (including phenoxy) is 1. The molecule has 2 heterocycles. The van der Waals surface area contributed by atoms with Crippen LogP contribution in [-0.2, 0) is 6.54 Å². The number of aromatic nitrogens is 2. The zero-order valence-corrected chi connectivity index (χ0v) is 13.0. The van der Waals surface area contributed by atoms with Crippen LogP contribution in [0.3, 0.4) is 0 Å². The summed E-state index contributed by atoms with van der Waals surface area (Å²) in [7, 11) is 1.68. The van der Waals surface area contributed by atoms with Crippen LogP contribution in [0.15, 0.2) is 18.2 Å². The molecule has 2 N–H and O–H groups in total. The first-order valence-electron chi connectivity index (χ1n) is 6.31. The number of aromatic amines is 1. The zero-order valence-electron chi connectivity index (χ0n) is 11.4. The van der Waals surface area contributed by atoms with E-state index in [4.69, 9.17) is 4.74 Å². The maximum absolute atomic E-state index is 5.22. The minimum Gasteiger partial charge on any atom is -0.497 e. The Hall–Kier alpha value is -1.01. The Morgan fingerprint density at radius 1 is 1.25 bits per heavy atom. The normalized spacial score (nSPS) is 15.4. The maximum atomic E-state index is 5.22. The summed E-state index contributed by atoms with van der Waals surface area (Å²) in [5.41, 5.74) is 2.04. The van der Waals surface area contributed by atoms with E-state index in [1.165, 1.54) is 0 Å². The number of hydrogen-bond donors (Lipinski definition) is 2. The summed E-state index contributed by atoms with van der Waals surface area (Å²) in [4.78, 5) is 10.4. The van der Waals surface area contributed by atoms with E-state index in [0.29, 0.717) is 0 Å². The van der Waals surface area contributed by atoms with E-state index < -0.39 is 0 Å². The summed E-state index contributed by atoms with van der Waals surface area (Å²) in [5, 5.41) is 3.35. The van der Waals surface area contributed by atoms with Gasteiger partial charge in [-0.25, -0.2) is 4.98 Å². The third-order valence-electron chi connectivity index (χ3n) is 3.32. The van der Waals surface area contributed by atoms with Crippen LogP contribution in [-0.4, -0.2) is 48.2 Å². The SMILES string of the molecule is COc1ccc2nc(CN3CCNCC3)[nH]c2c1.Cl.Cl. The highest BCUT2D eigenvalue weighted by atomic mass is 35.5. The lowest BCUT2D eigenvalue weighted by Gasteiger charge is -2.26. The van der Waals surface area contributed by atoms with Crippen LogP contribution < -0.4 is 10.1 Å². The second-order valence-electron chi connectivity index (χ2n) is 4.59. The first-order chi connectivity index (χ1) is 8.85. The number of H-pyrrole nitrogens is 1. The summed E-state index contributed by atoms with van der Waals surface area (Å²) >= 11 is 0. The van der Waals surface area contributed by atoms with Crippen LogP contribution in [0.4, 0.5) is 0 Å². The van der Waals surface area contributed by atoms with Crippen molar-refractivity contribution in [1.29, 1.82) is 0 Å². The van der Waals surface area contributed by atoms with Gasteiger partial charge in [-0.05, 0) is 12.1 Å². The van der Waals surface area contributed by atoms with Gasteiger partial charge in [0.25, 0.3) is 0 Å². The van der Waals surface area contributed by atoms with Gasteiger partial charge in [0.05, 0.1) is 24.7 Å². The van der Waals surface area contributed by atoms with Crippen LogP contribution in [0.2, 0.25) is 0 Å². The van der Waals surface area contributed by atoms with Crippen LogP contribution >= 0.6 is 24.8 Å². The Balaban J connectivity index is 0.000001000. The molecular formula is C13H20Cl2N4O. The molecule has 2 aromatic rings. The summed E-state index contributed by atoms with van der Waals surface area (Å²) < 4.78 is 5.22. The van der Waals surface area contributed by atoms with Crippen molar-refractivity contribution in [1.82, 2.24) is 20.2 Å². The second-order valence-corrected chi connectivity index (χ2v) is 4.59. The molecule has 0 saturated carbocycles. The summed E-state index contributed by atoms with van der Waals surface area (Å²) in [5.74, 6) is 1.89. The molecule has 1 saturated heterocycles. The number of benzene rings is 1. The fraction of sp³-hybridized carbons (Fsp3) is 0.462. The summed E-state index contributed by atoms with van der Waals surface area (Å²) in [6, 6.07) is 5.92. The van der Waals surface area contributed by atoms with Crippen LogP contribution in [0.1, 0.15) is 5.82 Å². The molecule has 1 aliphatic rings. The van der Waals surface area contributed by atoms with E-state index in [0.717, 1.165) is 55.3 Å². The lowest BCUT2D eigenvalue weighted by atomic mass is 10.3. The Labute approximate surface area is 130 Å². The molecule has 1 fully saturated rings. The van der Waals surface area contributed by atoms with E-state index in [2.05, 4.69) is 20.2 Å². The molecule has 0 aliphatic carbocycles. The number of imidazole rings is 1. The van der Waals surface area contributed by atoms with Gasteiger partial charge in [-0.15, -0.1) is 24.8 Å². The Kier molecular flexibility index (Phi) is 6.55. The van der Waals surface area contributed by atoms with Crippen molar-refractivity contribution in [3.8, 4) is 5.75 Å². The third kappa shape index (κ3) is 3.76. The summed E-state index contributed by atoms with van der Waals surface area (Å²) in [6.07, 6.45) is 0. The molecule has 0 atom stereocenters. The van der Waals surface area contributed by atoms with Gasteiger partial charge in [0.1, 0.15) is 11.6 Å². The molecule has 5 nitrogen and oxygen atoms in total. The predicted molar refractivity (Wildman–Crippen MR) is 85.3 cm³/mol. The standard InChI is InChI=1S/C13H18N4O.2ClH/c1-18-10-2-3-11-12(8-10)16-13(15-11)9-17-6-4-14-5-7-17;;/h2-3,8,14H,4-7,9H2,1H3,(H,15,16);2*1H. The number of rotatable bonds is 3.